The number of rotatable bonds is 4. The SMILES string of the molecule is CCC(=O)NC(Nc1nccs1)(C(F)(F)F)C(F)(F)F. The molecule has 0 atom stereocenters. The molecule has 0 bridgehead atoms. The summed E-state index contributed by atoms with van der Waals surface area (Å²) in [4.78, 5) is 14.4. The maximum absolute atomic E-state index is 12.9. The van der Waals surface area contributed by atoms with Crippen molar-refractivity contribution in [2.75, 3.05) is 5.32 Å². The van der Waals surface area contributed by atoms with Crippen molar-refractivity contribution in [2.24, 2.45) is 0 Å². The van der Waals surface area contributed by atoms with Crippen molar-refractivity contribution in [2.45, 2.75) is 31.4 Å². The second-order valence-corrected chi connectivity index (χ2v) is 4.50. The van der Waals surface area contributed by atoms with Gasteiger partial charge in [-0.2, -0.15) is 26.3 Å². The summed E-state index contributed by atoms with van der Waals surface area (Å²) in [5.74, 6) is -1.40. The first-order valence-electron chi connectivity index (χ1n) is 5.15. The minimum absolute atomic E-state index is 0.534. The number of hydrogen-bond acceptors (Lipinski definition) is 4. The lowest BCUT2D eigenvalue weighted by Gasteiger charge is -2.38. The van der Waals surface area contributed by atoms with Crippen LogP contribution in [0.1, 0.15) is 13.3 Å². The number of halogens is 6. The van der Waals surface area contributed by atoms with E-state index in [-0.39, 0.29) is 0 Å². The van der Waals surface area contributed by atoms with Crippen molar-refractivity contribution in [3.63, 3.8) is 0 Å². The molecule has 11 heteroatoms. The van der Waals surface area contributed by atoms with Crippen molar-refractivity contribution in [3.8, 4) is 0 Å². The van der Waals surface area contributed by atoms with E-state index in [9.17, 15) is 31.1 Å². The lowest BCUT2D eigenvalue weighted by atomic mass is 10.1. The number of carbonyl (C=O) groups is 1. The summed E-state index contributed by atoms with van der Waals surface area (Å²) in [5, 5.41) is 2.79. The third kappa shape index (κ3) is 3.14. The van der Waals surface area contributed by atoms with Gasteiger partial charge in [0.15, 0.2) is 5.13 Å². The largest absolute Gasteiger partial charge is 0.439 e. The van der Waals surface area contributed by atoms with Gasteiger partial charge in [-0.25, -0.2) is 4.98 Å². The molecule has 0 radical (unpaired) electrons. The molecule has 0 saturated heterocycles. The van der Waals surface area contributed by atoms with Gasteiger partial charge in [-0.1, -0.05) is 6.92 Å². The van der Waals surface area contributed by atoms with E-state index in [4.69, 9.17) is 0 Å². The number of nitrogens with one attached hydrogen (secondary N) is 2. The molecule has 0 aliphatic rings. The fourth-order valence-corrected chi connectivity index (χ4v) is 1.80. The molecule has 20 heavy (non-hydrogen) atoms. The standard InChI is InChI=1S/C9H9F6N3OS/c1-2-5(19)17-7(8(10,11)12,9(13,14)15)18-6-16-3-4-20-6/h3-4H,2H2,1H3,(H,16,18)(H,17,19). The zero-order chi connectivity index (χ0) is 15.6. The van der Waals surface area contributed by atoms with Gasteiger partial charge in [-0.3, -0.25) is 4.79 Å². The van der Waals surface area contributed by atoms with Crippen LogP contribution < -0.4 is 10.6 Å². The molecule has 1 rings (SSSR count). The summed E-state index contributed by atoms with van der Waals surface area (Å²) in [6, 6.07) is 0. The minimum atomic E-state index is -5.80. The summed E-state index contributed by atoms with van der Waals surface area (Å²) < 4.78 is 77.6. The summed E-state index contributed by atoms with van der Waals surface area (Å²) >= 11 is 0.543. The third-order valence-electron chi connectivity index (χ3n) is 2.23. The van der Waals surface area contributed by atoms with Crippen LogP contribution in [-0.2, 0) is 4.79 Å². The van der Waals surface area contributed by atoms with Crippen LogP contribution in [0.2, 0.25) is 0 Å². The van der Waals surface area contributed by atoms with Crippen molar-refractivity contribution in [3.05, 3.63) is 11.6 Å². The number of alkyl halides is 6. The Balaban J connectivity index is 3.30. The van der Waals surface area contributed by atoms with Crippen molar-refractivity contribution in [1.82, 2.24) is 10.3 Å². The van der Waals surface area contributed by atoms with Gasteiger partial charge in [0.1, 0.15) is 0 Å². The Kier molecular flexibility index (Phi) is 4.52. The lowest BCUT2D eigenvalue weighted by Crippen LogP contribution is -2.72. The highest BCUT2D eigenvalue weighted by Crippen LogP contribution is 2.43. The number of carbonyl (C=O) groups excluding carboxylic acids is 1. The molecule has 2 N–H and O–H groups in total. The highest BCUT2D eigenvalue weighted by atomic mass is 32.1. The fourth-order valence-electron chi connectivity index (χ4n) is 1.22. The van der Waals surface area contributed by atoms with Gasteiger partial charge in [0.25, 0.3) is 0 Å². The van der Waals surface area contributed by atoms with E-state index < -0.39 is 35.5 Å². The van der Waals surface area contributed by atoms with Gasteiger partial charge in [0.2, 0.25) is 5.91 Å². The maximum atomic E-state index is 12.9. The van der Waals surface area contributed by atoms with Gasteiger partial charge in [0, 0.05) is 18.0 Å². The van der Waals surface area contributed by atoms with Crippen molar-refractivity contribution in [1.29, 1.82) is 0 Å². The topological polar surface area (TPSA) is 54.0 Å². The van der Waals surface area contributed by atoms with Crippen LogP contribution in [-0.4, -0.2) is 28.9 Å². The van der Waals surface area contributed by atoms with Crippen LogP contribution in [0, 0.1) is 0 Å². The smallest absolute Gasteiger partial charge is 0.324 e. The van der Waals surface area contributed by atoms with Gasteiger partial charge in [0.05, 0.1) is 0 Å². The van der Waals surface area contributed by atoms with Crippen molar-refractivity contribution >= 4 is 22.4 Å². The van der Waals surface area contributed by atoms with Crippen LogP contribution >= 0.6 is 11.3 Å². The summed E-state index contributed by atoms with van der Waals surface area (Å²) in [7, 11) is 0. The number of aromatic nitrogens is 1. The maximum Gasteiger partial charge on any atom is 0.439 e. The molecule has 0 aliphatic carbocycles. The first-order chi connectivity index (χ1) is 9.03. The quantitative estimate of drug-likeness (QED) is 0.662. The Labute approximate surface area is 113 Å². The van der Waals surface area contributed by atoms with Crippen LogP contribution in [0.5, 0.6) is 0 Å². The van der Waals surface area contributed by atoms with E-state index >= 15 is 0 Å². The molecular weight excluding hydrogens is 312 g/mol. The fraction of sp³-hybridized carbons (Fsp3) is 0.556. The molecule has 0 unspecified atom stereocenters. The van der Waals surface area contributed by atoms with Crippen LogP contribution in [0.25, 0.3) is 0 Å². The molecule has 0 saturated carbocycles. The second kappa shape index (κ2) is 5.46. The Bertz CT molecular complexity index is 441. The van der Waals surface area contributed by atoms with Crippen LogP contribution in [0.4, 0.5) is 31.5 Å². The number of anilines is 1. The van der Waals surface area contributed by atoms with E-state index in [1.165, 1.54) is 10.7 Å². The van der Waals surface area contributed by atoms with Gasteiger partial charge in [-0.05, 0) is 0 Å². The highest BCUT2D eigenvalue weighted by molar-refractivity contribution is 7.13. The first kappa shape index (κ1) is 16.5. The summed E-state index contributed by atoms with van der Waals surface area (Å²) in [6.45, 7) is 1.14. The molecule has 0 aliphatic heterocycles. The number of nitrogens with zero attached hydrogens (tertiary/aromatic N) is 1. The molecule has 1 aromatic rings. The molecule has 1 aromatic heterocycles. The van der Waals surface area contributed by atoms with E-state index in [1.807, 2.05) is 0 Å². The Morgan fingerprint density at radius 2 is 1.80 bits per heavy atom. The Morgan fingerprint density at radius 3 is 2.15 bits per heavy atom. The first-order valence-corrected chi connectivity index (χ1v) is 6.03. The summed E-state index contributed by atoms with van der Waals surface area (Å²) in [5.41, 5.74) is -4.58. The normalized spacial score (nSPS) is 13.2. The van der Waals surface area contributed by atoms with Crippen LogP contribution in [0.15, 0.2) is 11.6 Å². The number of hydrogen-bond donors (Lipinski definition) is 2. The van der Waals surface area contributed by atoms with E-state index in [1.54, 1.807) is 0 Å². The average molecular weight is 321 g/mol. The molecule has 114 valence electrons. The van der Waals surface area contributed by atoms with E-state index in [0.29, 0.717) is 11.3 Å². The Morgan fingerprint density at radius 1 is 1.25 bits per heavy atom. The molecule has 0 fully saturated rings. The summed E-state index contributed by atoms with van der Waals surface area (Å²) in [6.07, 6.45) is -11.1. The minimum Gasteiger partial charge on any atom is -0.324 e. The zero-order valence-corrected chi connectivity index (χ0v) is 10.7. The molecule has 0 aromatic carbocycles. The molecule has 1 heterocycles. The molecular formula is C9H9F6N3OS. The van der Waals surface area contributed by atoms with Gasteiger partial charge in [-0.15, -0.1) is 11.3 Å². The third-order valence-corrected chi connectivity index (χ3v) is 2.91. The predicted octanol–water partition coefficient (Wildman–Crippen LogP) is 2.90. The van der Waals surface area contributed by atoms with Gasteiger partial charge < -0.3 is 10.6 Å². The predicted molar refractivity (Wildman–Crippen MR) is 59.0 cm³/mol. The van der Waals surface area contributed by atoms with Crippen LogP contribution in [0.3, 0.4) is 0 Å². The lowest BCUT2D eigenvalue weighted by molar-refractivity contribution is -0.295. The zero-order valence-electron chi connectivity index (χ0n) is 9.89. The second-order valence-electron chi connectivity index (χ2n) is 3.61. The van der Waals surface area contributed by atoms with E-state index in [2.05, 4.69) is 4.98 Å². The molecule has 1 amide bonds. The average Bonchev–Trinajstić information content (AvgIpc) is 2.77. The van der Waals surface area contributed by atoms with Gasteiger partial charge >= 0.3 is 18.0 Å². The number of amides is 1. The number of thiazole rings is 1. The van der Waals surface area contributed by atoms with Crippen molar-refractivity contribution < 1.29 is 31.1 Å². The van der Waals surface area contributed by atoms with E-state index in [0.717, 1.165) is 18.4 Å². The molecule has 4 nitrogen and oxygen atoms in total. The highest BCUT2D eigenvalue weighted by Gasteiger charge is 2.72. The molecule has 0 spiro atoms. The monoisotopic (exact) mass is 321 g/mol. The Hall–Kier alpha value is -1.52.